The predicted molar refractivity (Wildman–Crippen MR) is 107 cm³/mol. The Morgan fingerprint density at radius 2 is 1.82 bits per heavy atom. The van der Waals surface area contributed by atoms with Gasteiger partial charge in [0.05, 0.1) is 17.1 Å². The van der Waals surface area contributed by atoms with Crippen LogP contribution in [0.15, 0.2) is 77.8 Å². The number of aromatic nitrogens is 1. The van der Waals surface area contributed by atoms with E-state index in [0.29, 0.717) is 24.2 Å². The van der Waals surface area contributed by atoms with E-state index in [4.69, 9.17) is 0 Å². The first kappa shape index (κ1) is 18.3. The van der Waals surface area contributed by atoms with Crippen molar-refractivity contribution in [1.29, 1.82) is 0 Å². The fraction of sp³-hybridized carbons (Fsp3) is 0.143. The zero-order chi connectivity index (χ0) is 19.6. The molecule has 0 saturated carbocycles. The highest BCUT2D eigenvalue weighted by atomic mass is 32.2. The van der Waals surface area contributed by atoms with Gasteiger partial charge in [-0.15, -0.1) is 0 Å². The Bertz CT molecular complexity index is 1100. The van der Waals surface area contributed by atoms with Crippen molar-refractivity contribution in [2.45, 2.75) is 17.9 Å². The summed E-state index contributed by atoms with van der Waals surface area (Å²) in [6, 6.07) is 19.3. The number of nitrogens with zero attached hydrogens (tertiary/aromatic N) is 2. The average Bonchev–Trinajstić information content (AvgIpc) is 3.16. The second-order valence-electron chi connectivity index (χ2n) is 6.51. The van der Waals surface area contributed by atoms with Gasteiger partial charge in [-0.2, -0.15) is 0 Å². The summed E-state index contributed by atoms with van der Waals surface area (Å²) in [6.07, 6.45) is 2.24. The minimum atomic E-state index is -3.66. The number of pyridine rings is 1. The largest absolute Gasteiger partial charge is 0.308 e. The zero-order valence-corrected chi connectivity index (χ0v) is 15.9. The standard InChI is InChI=1S/C21H19N3O3S/c25-21(16-6-2-1-3-7-16)24-13-11-17-14-19(9-10-20(17)24)28(26,27)23-15-18-8-4-5-12-22-18/h1-10,12,14,23H,11,13,15H2. The molecule has 7 heteroatoms. The lowest BCUT2D eigenvalue weighted by molar-refractivity contribution is 0.0989. The molecule has 0 fully saturated rings. The molecular weight excluding hydrogens is 374 g/mol. The molecular formula is C21H19N3O3S. The van der Waals surface area contributed by atoms with Gasteiger partial charge in [0.15, 0.2) is 0 Å². The van der Waals surface area contributed by atoms with Crippen molar-refractivity contribution in [3.05, 3.63) is 89.7 Å². The summed E-state index contributed by atoms with van der Waals surface area (Å²) < 4.78 is 27.8. The predicted octanol–water partition coefficient (Wildman–Crippen LogP) is 2.76. The maximum absolute atomic E-state index is 12.7. The topological polar surface area (TPSA) is 79.4 Å². The fourth-order valence-electron chi connectivity index (χ4n) is 3.25. The van der Waals surface area contributed by atoms with E-state index in [0.717, 1.165) is 11.3 Å². The highest BCUT2D eigenvalue weighted by Gasteiger charge is 2.27. The number of amides is 1. The number of fused-ring (bicyclic) bond motifs is 1. The lowest BCUT2D eigenvalue weighted by Gasteiger charge is -2.17. The third-order valence-corrected chi connectivity index (χ3v) is 6.09. The van der Waals surface area contributed by atoms with E-state index in [-0.39, 0.29) is 17.3 Å². The van der Waals surface area contributed by atoms with Gasteiger partial charge >= 0.3 is 0 Å². The summed E-state index contributed by atoms with van der Waals surface area (Å²) in [7, 11) is -3.66. The molecule has 0 bridgehead atoms. The van der Waals surface area contributed by atoms with Crippen molar-refractivity contribution in [1.82, 2.24) is 9.71 Å². The summed E-state index contributed by atoms with van der Waals surface area (Å²) in [5, 5.41) is 0. The number of rotatable bonds is 5. The quantitative estimate of drug-likeness (QED) is 0.723. The van der Waals surface area contributed by atoms with Crippen molar-refractivity contribution < 1.29 is 13.2 Å². The van der Waals surface area contributed by atoms with E-state index in [9.17, 15) is 13.2 Å². The summed E-state index contributed by atoms with van der Waals surface area (Å²) >= 11 is 0. The first-order valence-corrected chi connectivity index (χ1v) is 10.4. The average molecular weight is 393 g/mol. The van der Waals surface area contributed by atoms with Gasteiger partial charge in [0.2, 0.25) is 10.0 Å². The molecule has 6 nitrogen and oxygen atoms in total. The number of nitrogens with one attached hydrogen (secondary N) is 1. The van der Waals surface area contributed by atoms with E-state index in [1.807, 2.05) is 24.3 Å². The highest BCUT2D eigenvalue weighted by Crippen LogP contribution is 2.31. The lowest BCUT2D eigenvalue weighted by atomic mass is 10.1. The van der Waals surface area contributed by atoms with Crippen LogP contribution in [0.3, 0.4) is 0 Å². The van der Waals surface area contributed by atoms with Gasteiger partial charge in [-0.25, -0.2) is 13.1 Å². The van der Waals surface area contributed by atoms with Crippen LogP contribution in [0.2, 0.25) is 0 Å². The molecule has 0 radical (unpaired) electrons. The van der Waals surface area contributed by atoms with Crippen LogP contribution in [-0.4, -0.2) is 25.9 Å². The Morgan fingerprint density at radius 3 is 2.57 bits per heavy atom. The normalized spacial score (nSPS) is 13.4. The molecule has 0 spiro atoms. The Kier molecular flexibility index (Phi) is 4.93. The van der Waals surface area contributed by atoms with Crippen LogP contribution in [0.4, 0.5) is 5.69 Å². The van der Waals surface area contributed by atoms with Gasteiger partial charge in [0, 0.05) is 24.0 Å². The van der Waals surface area contributed by atoms with Crippen molar-refractivity contribution in [2.75, 3.05) is 11.4 Å². The van der Waals surface area contributed by atoms with Crippen LogP contribution in [0.25, 0.3) is 0 Å². The van der Waals surface area contributed by atoms with Gasteiger partial charge in [-0.05, 0) is 54.4 Å². The van der Waals surface area contributed by atoms with Gasteiger partial charge in [-0.3, -0.25) is 9.78 Å². The van der Waals surface area contributed by atoms with Crippen molar-refractivity contribution in [3.63, 3.8) is 0 Å². The van der Waals surface area contributed by atoms with Crippen LogP contribution in [0.5, 0.6) is 0 Å². The number of hydrogen-bond acceptors (Lipinski definition) is 4. The molecule has 3 aromatic rings. The molecule has 2 aromatic carbocycles. The zero-order valence-electron chi connectivity index (χ0n) is 15.1. The molecule has 1 N–H and O–H groups in total. The van der Waals surface area contributed by atoms with Crippen LogP contribution in [-0.2, 0) is 23.0 Å². The molecule has 1 aliphatic rings. The Morgan fingerprint density at radius 1 is 1.04 bits per heavy atom. The summed E-state index contributed by atoms with van der Waals surface area (Å²) in [5.41, 5.74) is 2.87. The van der Waals surface area contributed by atoms with E-state index in [2.05, 4.69) is 9.71 Å². The first-order chi connectivity index (χ1) is 13.5. The van der Waals surface area contributed by atoms with Crippen molar-refractivity contribution >= 4 is 21.6 Å². The molecule has 28 heavy (non-hydrogen) atoms. The SMILES string of the molecule is O=C(c1ccccc1)N1CCc2cc(S(=O)(=O)NCc3ccccn3)ccc21. The Labute approximate surface area is 163 Å². The van der Waals surface area contributed by atoms with Crippen LogP contribution in [0, 0.1) is 0 Å². The number of carbonyl (C=O) groups is 1. The van der Waals surface area contributed by atoms with Crippen LogP contribution in [0.1, 0.15) is 21.6 Å². The summed E-state index contributed by atoms with van der Waals surface area (Å²) in [4.78, 5) is 18.7. The van der Waals surface area contributed by atoms with Crippen molar-refractivity contribution in [2.24, 2.45) is 0 Å². The smallest absolute Gasteiger partial charge is 0.258 e. The molecule has 4 rings (SSSR count). The van der Waals surface area contributed by atoms with Crippen LogP contribution < -0.4 is 9.62 Å². The highest BCUT2D eigenvalue weighted by molar-refractivity contribution is 7.89. The molecule has 0 aliphatic carbocycles. The molecule has 0 unspecified atom stereocenters. The number of sulfonamides is 1. The van der Waals surface area contributed by atoms with Crippen molar-refractivity contribution in [3.8, 4) is 0 Å². The molecule has 142 valence electrons. The van der Waals surface area contributed by atoms with Gasteiger partial charge in [0.1, 0.15) is 0 Å². The van der Waals surface area contributed by atoms with Gasteiger partial charge in [0.25, 0.3) is 5.91 Å². The molecule has 2 heterocycles. The number of hydrogen-bond donors (Lipinski definition) is 1. The summed E-state index contributed by atoms with van der Waals surface area (Å²) in [5.74, 6) is -0.0803. The Hall–Kier alpha value is -3.03. The molecule has 1 aromatic heterocycles. The van der Waals surface area contributed by atoms with E-state index in [1.165, 1.54) is 6.07 Å². The van der Waals surface area contributed by atoms with E-state index < -0.39 is 10.0 Å². The Balaban J connectivity index is 1.54. The second kappa shape index (κ2) is 7.53. The maximum atomic E-state index is 12.7. The maximum Gasteiger partial charge on any atom is 0.258 e. The third-order valence-electron chi connectivity index (χ3n) is 4.69. The second-order valence-corrected chi connectivity index (χ2v) is 8.28. The van der Waals surface area contributed by atoms with E-state index >= 15 is 0 Å². The minimum Gasteiger partial charge on any atom is -0.308 e. The molecule has 1 aliphatic heterocycles. The molecule has 0 saturated heterocycles. The third kappa shape index (κ3) is 3.67. The van der Waals surface area contributed by atoms with Gasteiger partial charge < -0.3 is 4.90 Å². The summed E-state index contributed by atoms with van der Waals surface area (Å²) in [6.45, 7) is 0.660. The van der Waals surface area contributed by atoms with E-state index in [1.54, 1.807) is 47.5 Å². The lowest BCUT2D eigenvalue weighted by Crippen LogP contribution is -2.28. The van der Waals surface area contributed by atoms with Gasteiger partial charge in [-0.1, -0.05) is 24.3 Å². The number of benzene rings is 2. The molecule has 1 amide bonds. The minimum absolute atomic E-state index is 0.0803. The van der Waals surface area contributed by atoms with Crippen LogP contribution >= 0.6 is 0 Å². The first-order valence-electron chi connectivity index (χ1n) is 8.94. The molecule has 0 atom stereocenters. The number of carbonyl (C=O) groups excluding carboxylic acids is 1. The number of anilines is 1. The monoisotopic (exact) mass is 393 g/mol. The fourth-order valence-corrected chi connectivity index (χ4v) is 4.30.